The predicted molar refractivity (Wildman–Crippen MR) is 77.6 cm³/mol. The molecular formula is C13H9Cl2N3O. The molecule has 3 aromatic rings. The Bertz CT molecular complexity index is 783. The van der Waals surface area contributed by atoms with Crippen LogP contribution in [-0.2, 0) is 0 Å². The van der Waals surface area contributed by atoms with Crippen LogP contribution in [0.25, 0.3) is 22.2 Å². The first-order valence-corrected chi connectivity index (χ1v) is 6.23. The molecule has 6 heteroatoms. The van der Waals surface area contributed by atoms with Crippen LogP contribution in [0.1, 0.15) is 0 Å². The molecule has 2 heterocycles. The fourth-order valence-corrected chi connectivity index (χ4v) is 2.46. The number of phenols is 1. The van der Waals surface area contributed by atoms with E-state index in [9.17, 15) is 5.11 Å². The Balaban J connectivity index is 2.24. The maximum Gasteiger partial charge on any atom is 0.143 e. The van der Waals surface area contributed by atoms with E-state index in [1.54, 1.807) is 18.3 Å². The van der Waals surface area contributed by atoms with Gasteiger partial charge in [0.1, 0.15) is 11.6 Å². The second-order valence-corrected chi connectivity index (χ2v) is 5.01. The number of aromatic amines is 1. The number of hydrogen-bond donors (Lipinski definition) is 3. The van der Waals surface area contributed by atoms with Gasteiger partial charge in [-0.05, 0) is 24.3 Å². The van der Waals surface area contributed by atoms with Crippen molar-refractivity contribution < 1.29 is 5.11 Å². The number of nitrogen functional groups attached to an aromatic ring is 1. The molecule has 0 aliphatic carbocycles. The first-order valence-electron chi connectivity index (χ1n) is 5.47. The van der Waals surface area contributed by atoms with Gasteiger partial charge in [0.15, 0.2) is 0 Å². The van der Waals surface area contributed by atoms with E-state index >= 15 is 0 Å². The number of rotatable bonds is 1. The summed E-state index contributed by atoms with van der Waals surface area (Å²) in [6, 6.07) is 6.74. The number of pyridine rings is 1. The van der Waals surface area contributed by atoms with E-state index in [-0.39, 0.29) is 10.8 Å². The van der Waals surface area contributed by atoms with Gasteiger partial charge in [-0.2, -0.15) is 0 Å². The topological polar surface area (TPSA) is 74.9 Å². The summed E-state index contributed by atoms with van der Waals surface area (Å²) in [6.07, 6.45) is 1.64. The number of fused-ring (bicyclic) bond motifs is 1. The smallest absolute Gasteiger partial charge is 0.143 e. The third-order valence-electron chi connectivity index (χ3n) is 2.84. The molecule has 0 amide bonds. The van der Waals surface area contributed by atoms with E-state index in [1.165, 1.54) is 6.07 Å². The highest BCUT2D eigenvalue weighted by Gasteiger charge is 2.12. The molecule has 3 rings (SSSR count). The first-order chi connectivity index (χ1) is 9.04. The number of halogens is 2. The van der Waals surface area contributed by atoms with Gasteiger partial charge in [0.2, 0.25) is 0 Å². The average Bonchev–Trinajstić information content (AvgIpc) is 2.76. The van der Waals surface area contributed by atoms with Crippen molar-refractivity contribution in [3.05, 3.63) is 40.5 Å². The standard InChI is InChI=1S/C13H9Cl2N3O/c14-7-3-8(13(19)9(15)4-7)10-1-6-2-12(16)17-5-11(6)18-10/h1-5,18-19H,(H2,16,17). The number of nitrogens with one attached hydrogen (secondary N) is 1. The Kier molecular flexibility index (Phi) is 2.77. The molecule has 0 unspecified atom stereocenters. The molecule has 2 aromatic heterocycles. The van der Waals surface area contributed by atoms with Crippen LogP contribution in [0, 0.1) is 0 Å². The van der Waals surface area contributed by atoms with Crippen LogP contribution < -0.4 is 5.73 Å². The van der Waals surface area contributed by atoms with Crippen molar-refractivity contribution in [3.8, 4) is 17.0 Å². The summed E-state index contributed by atoms with van der Waals surface area (Å²) in [6.45, 7) is 0. The van der Waals surface area contributed by atoms with E-state index in [4.69, 9.17) is 28.9 Å². The Hall–Kier alpha value is -1.91. The van der Waals surface area contributed by atoms with E-state index in [2.05, 4.69) is 9.97 Å². The second kappa shape index (κ2) is 4.33. The summed E-state index contributed by atoms with van der Waals surface area (Å²) in [5.74, 6) is 0.421. The van der Waals surface area contributed by atoms with Crippen molar-refractivity contribution in [1.29, 1.82) is 0 Å². The van der Waals surface area contributed by atoms with Crippen LogP contribution in [0.3, 0.4) is 0 Å². The summed E-state index contributed by atoms with van der Waals surface area (Å²) in [7, 11) is 0. The van der Waals surface area contributed by atoms with Gasteiger partial charge in [-0.25, -0.2) is 4.98 Å². The number of aromatic nitrogens is 2. The third-order valence-corrected chi connectivity index (χ3v) is 3.35. The zero-order chi connectivity index (χ0) is 13.6. The minimum Gasteiger partial charge on any atom is -0.506 e. The van der Waals surface area contributed by atoms with Crippen molar-refractivity contribution in [3.63, 3.8) is 0 Å². The van der Waals surface area contributed by atoms with Crippen molar-refractivity contribution in [1.82, 2.24) is 9.97 Å². The molecule has 0 bridgehead atoms. The van der Waals surface area contributed by atoms with Crippen molar-refractivity contribution in [2.45, 2.75) is 0 Å². The highest BCUT2D eigenvalue weighted by molar-refractivity contribution is 6.36. The van der Waals surface area contributed by atoms with Crippen LogP contribution >= 0.6 is 23.2 Å². The zero-order valence-electron chi connectivity index (χ0n) is 9.61. The SMILES string of the molecule is Nc1cc2cc(-c3cc(Cl)cc(Cl)c3O)[nH]c2cn1. The summed E-state index contributed by atoms with van der Waals surface area (Å²) in [5, 5.41) is 11.6. The quantitative estimate of drug-likeness (QED) is 0.638. The third kappa shape index (κ3) is 2.09. The van der Waals surface area contributed by atoms with Crippen LogP contribution in [0.2, 0.25) is 10.0 Å². The molecule has 4 nitrogen and oxygen atoms in total. The molecule has 0 atom stereocenters. The van der Waals surface area contributed by atoms with Gasteiger partial charge in [0.25, 0.3) is 0 Å². The van der Waals surface area contributed by atoms with Gasteiger partial charge in [-0.3, -0.25) is 0 Å². The fraction of sp³-hybridized carbons (Fsp3) is 0. The van der Waals surface area contributed by atoms with Gasteiger partial charge in [-0.15, -0.1) is 0 Å². The van der Waals surface area contributed by atoms with E-state index in [1.807, 2.05) is 6.07 Å². The number of nitrogens with two attached hydrogens (primary N) is 1. The first kappa shape index (κ1) is 12.1. The Morgan fingerprint density at radius 1 is 1.16 bits per heavy atom. The zero-order valence-corrected chi connectivity index (χ0v) is 11.1. The van der Waals surface area contributed by atoms with Crippen LogP contribution in [-0.4, -0.2) is 15.1 Å². The van der Waals surface area contributed by atoms with E-state index < -0.39 is 0 Å². The lowest BCUT2D eigenvalue weighted by Gasteiger charge is -2.05. The lowest BCUT2D eigenvalue weighted by molar-refractivity contribution is 0.477. The summed E-state index contributed by atoms with van der Waals surface area (Å²) in [4.78, 5) is 7.14. The van der Waals surface area contributed by atoms with Gasteiger partial charge in [0, 0.05) is 16.0 Å². The minimum atomic E-state index is -0.0152. The van der Waals surface area contributed by atoms with Gasteiger partial charge in [-0.1, -0.05) is 23.2 Å². The normalized spacial score (nSPS) is 11.1. The van der Waals surface area contributed by atoms with Gasteiger partial charge in [0.05, 0.1) is 22.4 Å². The molecule has 0 saturated carbocycles. The molecule has 0 saturated heterocycles. The van der Waals surface area contributed by atoms with Gasteiger partial charge >= 0.3 is 0 Å². The summed E-state index contributed by atoms with van der Waals surface area (Å²) < 4.78 is 0. The predicted octanol–water partition coefficient (Wildman–Crippen LogP) is 3.82. The summed E-state index contributed by atoms with van der Waals surface area (Å²) >= 11 is 11.9. The van der Waals surface area contributed by atoms with Crippen molar-refractivity contribution in [2.75, 3.05) is 5.73 Å². The molecule has 0 fully saturated rings. The number of phenolic OH excluding ortho intramolecular Hbond substituents is 1. The fourth-order valence-electron chi connectivity index (χ4n) is 1.96. The number of anilines is 1. The molecule has 0 aliphatic rings. The highest BCUT2D eigenvalue weighted by Crippen LogP contribution is 2.38. The number of nitrogens with zero attached hydrogens (tertiary/aromatic N) is 1. The largest absolute Gasteiger partial charge is 0.506 e. The monoisotopic (exact) mass is 293 g/mol. The van der Waals surface area contributed by atoms with Crippen molar-refractivity contribution in [2.24, 2.45) is 0 Å². The number of benzene rings is 1. The van der Waals surface area contributed by atoms with E-state index in [0.717, 1.165) is 10.9 Å². The second-order valence-electron chi connectivity index (χ2n) is 4.16. The minimum absolute atomic E-state index is 0.0152. The molecule has 4 N–H and O–H groups in total. The van der Waals surface area contributed by atoms with Crippen molar-refractivity contribution >= 4 is 39.9 Å². The Labute approximate surface area is 118 Å². The number of H-pyrrole nitrogens is 1. The molecular weight excluding hydrogens is 285 g/mol. The maximum atomic E-state index is 10.0. The summed E-state index contributed by atoms with van der Waals surface area (Å²) in [5.41, 5.74) is 7.69. The van der Waals surface area contributed by atoms with Crippen LogP contribution in [0.5, 0.6) is 5.75 Å². The highest BCUT2D eigenvalue weighted by atomic mass is 35.5. The Morgan fingerprint density at radius 2 is 1.95 bits per heavy atom. The molecule has 0 spiro atoms. The maximum absolute atomic E-state index is 10.0. The number of hydrogen-bond acceptors (Lipinski definition) is 3. The molecule has 1 aromatic carbocycles. The van der Waals surface area contributed by atoms with E-state index in [0.29, 0.717) is 22.1 Å². The molecule has 0 aliphatic heterocycles. The van der Waals surface area contributed by atoms with Gasteiger partial charge < -0.3 is 15.8 Å². The van der Waals surface area contributed by atoms with Crippen LogP contribution in [0.4, 0.5) is 5.82 Å². The molecule has 0 radical (unpaired) electrons. The Morgan fingerprint density at radius 3 is 2.74 bits per heavy atom. The van der Waals surface area contributed by atoms with Crippen LogP contribution in [0.15, 0.2) is 30.5 Å². The molecule has 19 heavy (non-hydrogen) atoms. The molecule has 96 valence electrons. The number of aromatic hydroxyl groups is 1. The lowest BCUT2D eigenvalue weighted by atomic mass is 10.1. The average molecular weight is 294 g/mol. The lowest BCUT2D eigenvalue weighted by Crippen LogP contribution is -1.87.